The number of halogens is 1. The van der Waals surface area contributed by atoms with Crippen LogP contribution < -0.4 is 0 Å². The van der Waals surface area contributed by atoms with Gasteiger partial charge in [-0.3, -0.25) is 19.2 Å². The maximum absolute atomic E-state index is 11.6. The molecule has 0 bridgehead atoms. The van der Waals surface area contributed by atoms with Crippen molar-refractivity contribution in [2.45, 2.75) is 51.5 Å². The van der Waals surface area contributed by atoms with Gasteiger partial charge in [-0.25, -0.2) is 0 Å². The summed E-state index contributed by atoms with van der Waals surface area (Å²) in [7, 11) is 0. The molecule has 10 nitrogen and oxygen atoms in total. The number of carbonyl (C=O) groups is 4. The van der Waals surface area contributed by atoms with E-state index in [1.165, 1.54) is 0 Å². The minimum Gasteiger partial charge on any atom is -0.463 e. The molecule has 142 valence electrons. The number of hydrogen-bond donors (Lipinski definition) is 1. The van der Waals surface area contributed by atoms with Crippen LogP contribution in [-0.2, 0) is 42.9 Å². The van der Waals surface area contributed by atoms with Gasteiger partial charge in [0.25, 0.3) is 0 Å². The summed E-state index contributed by atoms with van der Waals surface area (Å²) >= 11 is 5.40. The molecule has 25 heavy (non-hydrogen) atoms. The summed E-state index contributed by atoms with van der Waals surface area (Å²) in [6.45, 7) is 2.91. The van der Waals surface area contributed by atoms with E-state index >= 15 is 0 Å². The maximum atomic E-state index is 11.6. The maximum Gasteiger partial charge on any atom is 0.321 e. The van der Waals surface area contributed by atoms with E-state index in [2.05, 4.69) is 0 Å². The molecule has 0 unspecified atom stereocenters. The van der Waals surface area contributed by atoms with Crippen molar-refractivity contribution in [3.8, 4) is 0 Å². The first kappa shape index (κ1) is 21.1. The van der Waals surface area contributed by atoms with Gasteiger partial charge >= 0.3 is 23.9 Å². The van der Waals surface area contributed by atoms with Crippen molar-refractivity contribution in [1.29, 1.82) is 0 Å². The van der Waals surface area contributed by atoms with Gasteiger partial charge in [-0.2, -0.15) is 0 Å². The zero-order valence-electron chi connectivity index (χ0n) is 13.8. The Labute approximate surface area is 148 Å². The summed E-state index contributed by atoms with van der Waals surface area (Å²) < 4.78 is 25.1. The van der Waals surface area contributed by atoms with E-state index in [4.69, 9.17) is 35.3 Å². The average Bonchev–Trinajstić information content (AvgIpc) is 2.50. The van der Waals surface area contributed by atoms with Gasteiger partial charge in [0, 0.05) is 20.8 Å². The molecular formula is C14H19ClO10. The monoisotopic (exact) mass is 382 g/mol. The van der Waals surface area contributed by atoms with E-state index in [1.54, 1.807) is 0 Å². The molecular weight excluding hydrogens is 364 g/mol. The van der Waals surface area contributed by atoms with E-state index < -0.39 is 67.1 Å². The fourth-order valence-electron chi connectivity index (χ4n) is 2.20. The quantitative estimate of drug-likeness (QED) is 0.356. The molecule has 1 aliphatic rings. The predicted octanol–water partition coefficient (Wildman–Crippen LogP) is -0.719. The van der Waals surface area contributed by atoms with Crippen molar-refractivity contribution < 1.29 is 48.0 Å². The lowest BCUT2D eigenvalue weighted by Gasteiger charge is -2.42. The summed E-state index contributed by atoms with van der Waals surface area (Å²) in [4.78, 5) is 45.2. The van der Waals surface area contributed by atoms with Crippen molar-refractivity contribution in [1.82, 2.24) is 0 Å². The van der Waals surface area contributed by atoms with Gasteiger partial charge in [-0.1, -0.05) is 0 Å². The Bertz CT molecular complexity index is 522. The van der Waals surface area contributed by atoms with Crippen LogP contribution in [0.1, 0.15) is 20.8 Å². The number of rotatable bonds is 6. The third kappa shape index (κ3) is 6.48. The van der Waals surface area contributed by atoms with Gasteiger partial charge in [-0.15, -0.1) is 11.6 Å². The molecule has 5 atom stereocenters. The molecule has 1 rings (SSSR count). The largest absolute Gasteiger partial charge is 0.463 e. The fourth-order valence-corrected chi connectivity index (χ4v) is 2.26. The van der Waals surface area contributed by atoms with Crippen molar-refractivity contribution in [2.24, 2.45) is 0 Å². The Morgan fingerprint density at radius 3 is 1.96 bits per heavy atom. The zero-order valence-corrected chi connectivity index (χ0v) is 14.6. The third-order valence-electron chi connectivity index (χ3n) is 3.04. The fraction of sp³-hybridized carbons (Fsp3) is 0.714. The standard InChI is InChI=1S/C14H19ClO10/c1-6(16)21-5-9-11(22-7(2)17)12(25-10(19)4-15)13(14(20)24-9)23-8(3)18/h9,11-14,20H,4-5H2,1-3H3/t9-,11-,12+,13-,14-/m1/s1. The summed E-state index contributed by atoms with van der Waals surface area (Å²) in [5, 5.41) is 10.1. The molecule has 0 radical (unpaired) electrons. The molecule has 0 spiro atoms. The summed E-state index contributed by atoms with van der Waals surface area (Å²) in [5.41, 5.74) is 0. The number of carbonyl (C=O) groups excluding carboxylic acids is 4. The lowest BCUT2D eigenvalue weighted by atomic mass is 9.98. The minimum atomic E-state index is -1.72. The second-order valence-electron chi connectivity index (χ2n) is 5.10. The third-order valence-corrected chi connectivity index (χ3v) is 3.26. The molecule has 1 N–H and O–H groups in total. The summed E-state index contributed by atoms with van der Waals surface area (Å²) in [5.74, 6) is -3.62. The van der Waals surface area contributed by atoms with Gasteiger partial charge in [0.2, 0.25) is 0 Å². The molecule has 11 heteroatoms. The lowest BCUT2D eigenvalue weighted by molar-refractivity contribution is -0.296. The predicted molar refractivity (Wildman–Crippen MR) is 79.2 cm³/mol. The molecule has 1 aliphatic heterocycles. The van der Waals surface area contributed by atoms with Crippen LogP contribution in [0, 0.1) is 0 Å². The van der Waals surface area contributed by atoms with Crippen LogP contribution in [0.25, 0.3) is 0 Å². The van der Waals surface area contributed by atoms with Crippen molar-refractivity contribution in [3.63, 3.8) is 0 Å². The summed E-state index contributed by atoms with van der Waals surface area (Å²) in [6, 6.07) is 0. The average molecular weight is 383 g/mol. The first-order valence-electron chi connectivity index (χ1n) is 7.22. The van der Waals surface area contributed by atoms with Crippen LogP contribution in [0.3, 0.4) is 0 Å². The number of aliphatic hydroxyl groups excluding tert-OH is 1. The van der Waals surface area contributed by atoms with Crippen LogP contribution in [0.15, 0.2) is 0 Å². The molecule has 0 aromatic heterocycles. The number of hydrogen-bond acceptors (Lipinski definition) is 10. The number of alkyl halides is 1. The molecule has 0 amide bonds. The van der Waals surface area contributed by atoms with Crippen LogP contribution in [0.2, 0.25) is 0 Å². The van der Waals surface area contributed by atoms with Crippen molar-refractivity contribution >= 4 is 35.5 Å². The highest BCUT2D eigenvalue weighted by molar-refractivity contribution is 6.26. The van der Waals surface area contributed by atoms with Gasteiger partial charge in [-0.05, 0) is 0 Å². The normalized spacial score (nSPS) is 28.6. The van der Waals surface area contributed by atoms with E-state index in [1.807, 2.05) is 0 Å². The van der Waals surface area contributed by atoms with Crippen molar-refractivity contribution in [3.05, 3.63) is 0 Å². The molecule has 0 saturated carbocycles. The Balaban J connectivity index is 3.13. The van der Waals surface area contributed by atoms with Crippen molar-refractivity contribution in [2.75, 3.05) is 12.5 Å². The Kier molecular flexibility index (Phi) is 8.07. The number of ether oxygens (including phenoxy) is 5. The Morgan fingerprint density at radius 2 is 1.48 bits per heavy atom. The molecule has 1 heterocycles. The van der Waals surface area contributed by atoms with Crippen LogP contribution in [-0.4, -0.2) is 72.2 Å². The highest BCUT2D eigenvalue weighted by Crippen LogP contribution is 2.28. The zero-order chi connectivity index (χ0) is 19.1. The second-order valence-corrected chi connectivity index (χ2v) is 5.37. The van der Waals surface area contributed by atoms with E-state index in [0.29, 0.717) is 0 Å². The highest BCUT2D eigenvalue weighted by atomic mass is 35.5. The SMILES string of the molecule is CC(=O)OC[C@H]1O[C@@H](O)[C@H](OC(C)=O)[C@@H](OC(=O)CCl)[C@@H]1OC(C)=O. The second kappa shape index (κ2) is 9.54. The molecule has 0 aliphatic carbocycles. The van der Waals surface area contributed by atoms with Gasteiger partial charge in [0.1, 0.15) is 18.6 Å². The van der Waals surface area contributed by atoms with Crippen LogP contribution in [0.5, 0.6) is 0 Å². The Morgan fingerprint density at radius 1 is 0.920 bits per heavy atom. The number of aliphatic hydroxyl groups is 1. The number of esters is 4. The molecule has 0 aromatic carbocycles. The highest BCUT2D eigenvalue weighted by Gasteiger charge is 2.51. The van der Waals surface area contributed by atoms with Crippen LogP contribution in [0.4, 0.5) is 0 Å². The topological polar surface area (TPSA) is 135 Å². The molecule has 1 fully saturated rings. The summed E-state index contributed by atoms with van der Waals surface area (Å²) in [6.07, 6.45) is -7.07. The lowest BCUT2D eigenvalue weighted by Crippen LogP contribution is -2.62. The Hall–Kier alpha value is -1.91. The van der Waals surface area contributed by atoms with E-state index in [9.17, 15) is 24.3 Å². The van der Waals surface area contributed by atoms with E-state index in [0.717, 1.165) is 20.8 Å². The minimum absolute atomic E-state index is 0.397. The van der Waals surface area contributed by atoms with Crippen LogP contribution >= 0.6 is 11.6 Å². The van der Waals surface area contributed by atoms with Gasteiger partial charge in [0.15, 0.2) is 24.6 Å². The van der Waals surface area contributed by atoms with Gasteiger partial charge in [0.05, 0.1) is 0 Å². The van der Waals surface area contributed by atoms with E-state index in [-0.39, 0.29) is 0 Å². The van der Waals surface area contributed by atoms with Gasteiger partial charge < -0.3 is 28.8 Å². The smallest absolute Gasteiger partial charge is 0.321 e. The molecule has 1 saturated heterocycles. The molecule has 0 aromatic rings. The first-order chi connectivity index (χ1) is 11.6. The first-order valence-corrected chi connectivity index (χ1v) is 7.76.